The lowest BCUT2D eigenvalue weighted by Crippen LogP contribution is -2.44. The first-order chi connectivity index (χ1) is 11.8. The van der Waals surface area contributed by atoms with Gasteiger partial charge < -0.3 is 19.5 Å². The fourth-order valence-electron chi connectivity index (χ4n) is 3.70. The number of H-pyrrole nitrogens is 1. The van der Waals surface area contributed by atoms with Gasteiger partial charge in [0, 0.05) is 49.8 Å². The molecule has 0 unspecified atom stereocenters. The maximum atomic E-state index is 6.09. The third-order valence-corrected chi connectivity index (χ3v) is 5.16. The molecule has 5 rings (SSSR count). The molecule has 24 heavy (non-hydrogen) atoms. The van der Waals surface area contributed by atoms with Gasteiger partial charge in [0.15, 0.2) is 0 Å². The number of anilines is 1. The Morgan fingerprint density at radius 3 is 2.83 bits per heavy atom. The van der Waals surface area contributed by atoms with Crippen LogP contribution in [0.25, 0.3) is 22.2 Å². The second-order valence-corrected chi connectivity index (χ2v) is 6.66. The smallest absolute Gasteiger partial charge is 0.141 e. The summed E-state index contributed by atoms with van der Waals surface area (Å²) in [5.41, 5.74) is 5.75. The van der Waals surface area contributed by atoms with Crippen molar-refractivity contribution in [3.8, 4) is 16.9 Å². The molecule has 0 radical (unpaired) electrons. The predicted molar refractivity (Wildman–Crippen MR) is 95.6 cm³/mol. The Bertz CT molecular complexity index is 909. The SMILES string of the molecule is CN1CCN(c2ccc3c(c2)COc2c-3cnc3[nH]ccc23)CC1. The molecule has 0 aliphatic carbocycles. The monoisotopic (exact) mass is 320 g/mol. The molecular formula is C19H20N4O. The van der Waals surface area contributed by atoms with Gasteiger partial charge >= 0.3 is 0 Å². The molecule has 2 aromatic heterocycles. The van der Waals surface area contributed by atoms with Crippen LogP contribution in [0.2, 0.25) is 0 Å². The Morgan fingerprint density at radius 2 is 1.96 bits per heavy atom. The summed E-state index contributed by atoms with van der Waals surface area (Å²) in [4.78, 5) is 12.5. The van der Waals surface area contributed by atoms with Crippen LogP contribution >= 0.6 is 0 Å². The minimum atomic E-state index is 0.619. The second-order valence-electron chi connectivity index (χ2n) is 6.66. The van der Waals surface area contributed by atoms with Crippen molar-refractivity contribution in [1.29, 1.82) is 0 Å². The summed E-state index contributed by atoms with van der Waals surface area (Å²) in [6, 6.07) is 8.78. The van der Waals surface area contributed by atoms with Crippen molar-refractivity contribution in [2.45, 2.75) is 6.61 Å². The summed E-state index contributed by atoms with van der Waals surface area (Å²) >= 11 is 0. The van der Waals surface area contributed by atoms with E-state index in [2.05, 4.69) is 45.0 Å². The number of aromatic amines is 1. The number of pyridine rings is 1. The van der Waals surface area contributed by atoms with E-state index in [1.807, 2.05) is 18.5 Å². The molecule has 122 valence electrons. The Balaban J connectivity index is 1.55. The van der Waals surface area contributed by atoms with Crippen LogP contribution in [-0.2, 0) is 6.61 Å². The zero-order valence-corrected chi connectivity index (χ0v) is 13.7. The van der Waals surface area contributed by atoms with Gasteiger partial charge in [-0.25, -0.2) is 4.98 Å². The molecule has 2 aliphatic heterocycles. The van der Waals surface area contributed by atoms with Crippen LogP contribution < -0.4 is 9.64 Å². The number of nitrogens with one attached hydrogen (secondary N) is 1. The molecule has 5 heteroatoms. The van der Waals surface area contributed by atoms with E-state index in [1.165, 1.54) is 16.8 Å². The average Bonchev–Trinajstić information content (AvgIpc) is 3.10. The van der Waals surface area contributed by atoms with Crippen molar-refractivity contribution in [2.24, 2.45) is 0 Å². The molecule has 1 saturated heterocycles. The fourth-order valence-corrected chi connectivity index (χ4v) is 3.70. The first-order valence-corrected chi connectivity index (χ1v) is 8.45. The third kappa shape index (κ3) is 2.08. The Kier molecular flexibility index (Phi) is 3.03. The van der Waals surface area contributed by atoms with Gasteiger partial charge in [-0.1, -0.05) is 6.07 Å². The van der Waals surface area contributed by atoms with E-state index in [0.29, 0.717) is 6.61 Å². The molecule has 4 heterocycles. The van der Waals surface area contributed by atoms with Gasteiger partial charge in [0.1, 0.15) is 18.0 Å². The van der Waals surface area contributed by atoms with E-state index in [1.54, 1.807) is 0 Å². The molecule has 0 saturated carbocycles. The standard InChI is InChI=1S/C19H20N4O/c1-22-6-8-23(9-7-22)14-2-3-15-13(10-14)12-24-18-16-4-5-20-19(16)21-11-17(15)18/h2-5,10-11H,6-9,12H2,1H3,(H,20,21). The van der Waals surface area contributed by atoms with Crippen LogP contribution in [0.15, 0.2) is 36.7 Å². The highest BCUT2D eigenvalue weighted by molar-refractivity contribution is 5.92. The van der Waals surface area contributed by atoms with Gasteiger partial charge in [0.05, 0.1) is 5.39 Å². The zero-order chi connectivity index (χ0) is 16.1. The molecule has 0 amide bonds. The molecule has 1 N–H and O–H groups in total. The Morgan fingerprint density at radius 1 is 1.08 bits per heavy atom. The van der Waals surface area contributed by atoms with E-state index in [0.717, 1.165) is 48.5 Å². The summed E-state index contributed by atoms with van der Waals surface area (Å²) in [7, 11) is 2.18. The molecule has 0 atom stereocenters. The van der Waals surface area contributed by atoms with Gasteiger partial charge in [0.25, 0.3) is 0 Å². The van der Waals surface area contributed by atoms with E-state index >= 15 is 0 Å². The summed E-state index contributed by atoms with van der Waals surface area (Å²) in [5, 5.41) is 1.06. The Hall–Kier alpha value is -2.53. The summed E-state index contributed by atoms with van der Waals surface area (Å²) < 4.78 is 6.09. The summed E-state index contributed by atoms with van der Waals surface area (Å²) in [5.74, 6) is 0.945. The van der Waals surface area contributed by atoms with Crippen LogP contribution in [0.3, 0.4) is 0 Å². The van der Waals surface area contributed by atoms with Crippen molar-refractivity contribution in [3.05, 3.63) is 42.2 Å². The predicted octanol–water partition coefficient (Wildman–Crippen LogP) is 2.87. The number of hydrogen-bond donors (Lipinski definition) is 1. The lowest BCUT2D eigenvalue weighted by molar-refractivity contribution is 0.305. The molecule has 5 nitrogen and oxygen atoms in total. The lowest BCUT2D eigenvalue weighted by atomic mass is 9.96. The first kappa shape index (κ1) is 13.9. The molecule has 0 bridgehead atoms. The number of benzene rings is 1. The topological polar surface area (TPSA) is 44.4 Å². The van der Waals surface area contributed by atoms with E-state index in [4.69, 9.17) is 4.74 Å². The number of fused-ring (bicyclic) bond motifs is 5. The summed E-state index contributed by atoms with van der Waals surface area (Å²) in [6.45, 7) is 5.02. The molecule has 1 aromatic carbocycles. The first-order valence-electron chi connectivity index (χ1n) is 8.45. The van der Waals surface area contributed by atoms with Gasteiger partial charge in [-0.15, -0.1) is 0 Å². The van der Waals surface area contributed by atoms with Gasteiger partial charge in [-0.05, 0) is 36.4 Å². The van der Waals surface area contributed by atoms with Crippen molar-refractivity contribution in [1.82, 2.24) is 14.9 Å². The largest absolute Gasteiger partial charge is 0.487 e. The number of ether oxygens (including phenoxy) is 1. The van der Waals surface area contributed by atoms with E-state index in [-0.39, 0.29) is 0 Å². The molecule has 2 aliphatic rings. The van der Waals surface area contributed by atoms with Gasteiger partial charge in [0.2, 0.25) is 0 Å². The highest BCUT2D eigenvalue weighted by Gasteiger charge is 2.22. The minimum Gasteiger partial charge on any atom is -0.487 e. The number of piperazine rings is 1. The number of aromatic nitrogens is 2. The molecule has 1 fully saturated rings. The van der Waals surface area contributed by atoms with Gasteiger partial charge in [-0.2, -0.15) is 0 Å². The third-order valence-electron chi connectivity index (χ3n) is 5.16. The molecule has 3 aromatic rings. The quantitative estimate of drug-likeness (QED) is 0.749. The fraction of sp³-hybridized carbons (Fsp3) is 0.316. The average molecular weight is 320 g/mol. The molecular weight excluding hydrogens is 300 g/mol. The lowest BCUT2D eigenvalue weighted by Gasteiger charge is -2.34. The Labute approximate surface area is 140 Å². The zero-order valence-electron chi connectivity index (χ0n) is 13.7. The highest BCUT2D eigenvalue weighted by atomic mass is 16.5. The number of likely N-dealkylation sites (N-methyl/N-ethyl adjacent to an activating group) is 1. The normalized spacial score (nSPS) is 17.5. The van der Waals surface area contributed by atoms with Gasteiger partial charge in [-0.3, -0.25) is 0 Å². The highest BCUT2D eigenvalue weighted by Crippen LogP contribution is 2.42. The maximum Gasteiger partial charge on any atom is 0.141 e. The second kappa shape index (κ2) is 5.24. The van der Waals surface area contributed by atoms with Crippen LogP contribution in [0.4, 0.5) is 5.69 Å². The van der Waals surface area contributed by atoms with Crippen LogP contribution in [0.1, 0.15) is 5.56 Å². The van der Waals surface area contributed by atoms with Crippen molar-refractivity contribution in [2.75, 3.05) is 38.1 Å². The van der Waals surface area contributed by atoms with Crippen LogP contribution in [-0.4, -0.2) is 48.1 Å². The van der Waals surface area contributed by atoms with Crippen molar-refractivity contribution < 1.29 is 4.74 Å². The summed E-state index contributed by atoms with van der Waals surface area (Å²) in [6.07, 6.45) is 3.83. The number of rotatable bonds is 1. The number of nitrogens with zero attached hydrogens (tertiary/aromatic N) is 3. The van der Waals surface area contributed by atoms with E-state index in [9.17, 15) is 0 Å². The minimum absolute atomic E-state index is 0.619. The van der Waals surface area contributed by atoms with Crippen molar-refractivity contribution >= 4 is 16.7 Å². The van der Waals surface area contributed by atoms with E-state index < -0.39 is 0 Å². The maximum absolute atomic E-state index is 6.09. The van der Waals surface area contributed by atoms with Crippen molar-refractivity contribution in [3.63, 3.8) is 0 Å². The number of hydrogen-bond acceptors (Lipinski definition) is 4. The molecule has 0 spiro atoms. The van der Waals surface area contributed by atoms with Crippen LogP contribution in [0, 0.1) is 0 Å². The van der Waals surface area contributed by atoms with Crippen LogP contribution in [0.5, 0.6) is 5.75 Å².